The Balaban J connectivity index is 1.48. The average Bonchev–Trinajstić information content (AvgIpc) is 3.22. The Morgan fingerprint density at radius 1 is 1.12 bits per heavy atom. The summed E-state index contributed by atoms with van der Waals surface area (Å²) in [6, 6.07) is 17.9. The molecule has 1 aromatic heterocycles. The zero-order chi connectivity index (χ0) is 22.7. The Morgan fingerprint density at radius 2 is 1.94 bits per heavy atom. The lowest BCUT2D eigenvalue weighted by atomic mass is 10.2. The van der Waals surface area contributed by atoms with Gasteiger partial charge in [-0.15, -0.1) is 0 Å². The highest BCUT2D eigenvalue weighted by Crippen LogP contribution is 2.28. The first-order valence-electron chi connectivity index (χ1n) is 9.35. The molecule has 0 aliphatic carbocycles. The van der Waals surface area contributed by atoms with Crippen molar-refractivity contribution >= 4 is 45.7 Å². The van der Waals surface area contributed by atoms with Crippen molar-refractivity contribution in [1.82, 2.24) is 10.3 Å². The van der Waals surface area contributed by atoms with Crippen LogP contribution in [-0.2, 0) is 0 Å². The summed E-state index contributed by atoms with van der Waals surface area (Å²) < 4.78 is 11.0. The number of nitro benzene ring substituents is 1. The fourth-order valence-electron chi connectivity index (χ4n) is 2.99. The summed E-state index contributed by atoms with van der Waals surface area (Å²) in [7, 11) is 1.58. The number of carbonyl (C=O) groups is 1. The maximum atomic E-state index is 12.4. The van der Waals surface area contributed by atoms with Crippen molar-refractivity contribution in [3.05, 3.63) is 82.4 Å². The quantitative estimate of drug-likeness (QED) is 0.259. The molecule has 0 unspecified atom stereocenters. The van der Waals surface area contributed by atoms with Gasteiger partial charge in [-0.1, -0.05) is 12.1 Å². The molecular weight excluding hydrogens is 432 g/mol. The van der Waals surface area contributed by atoms with Crippen LogP contribution in [0.4, 0.5) is 11.4 Å². The van der Waals surface area contributed by atoms with Crippen molar-refractivity contribution in [2.75, 3.05) is 12.4 Å². The third kappa shape index (κ3) is 4.55. The maximum Gasteiger partial charge on any atom is 0.270 e. The van der Waals surface area contributed by atoms with Gasteiger partial charge in [0.25, 0.3) is 11.6 Å². The van der Waals surface area contributed by atoms with Crippen molar-refractivity contribution in [3.8, 4) is 17.2 Å². The molecule has 0 fully saturated rings. The molecular formula is C22H16N4O5S. The monoisotopic (exact) mass is 448 g/mol. The van der Waals surface area contributed by atoms with E-state index >= 15 is 0 Å². The van der Waals surface area contributed by atoms with Crippen molar-refractivity contribution in [2.45, 2.75) is 0 Å². The Bertz CT molecular complexity index is 1350. The van der Waals surface area contributed by atoms with Gasteiger partial charge in [0, 0.05) is 35.0 Å². The summed E-state index contributed by atoms with van der Waals surface area (Å²) in [5.74, 6) is 0.538. The predicted molar refractivity (Wildman–Crippen MR) is 123 cm³/mol. The Labute approximate surface area is 187 Å². The summed E-state index contributed by atoms with van der Waals surface area (Å²) in [5, 5.41) is 16.4. The number of nitrogens with zero attached hydrogens (tertiary/aromatic N) is 2. The molecule has 0 atom stereocenters. The van der Waals surface area contributed by atoms with Gasteiger partial charge in [0.1, 0.15) is 11.3 Å². The Kier molecular flexibility index (Phi) is 5.77. The molecule has 160 valence electrons. The third-order valence-electron chi connectivity index (χ3n) is 4.51. The lowest BCUT2D eigenvalue weighted by Crippen LogP contribution is -2.34. The van der Waals surface area contributed by atoms with E-state index in [0.717, 1.165) is 0 Å². The number of benzene rings is 3. The molecule has 4 rings (SSSR count). The predicted octanol–water partition coefficient (Wildman–Crippen LogP) is 4.54. The van der Waals surface area contributed by atoms with Crippen LogP contribution in [0.2, 0.25) is 0 Å². The van der Waals surface area contributed by atoms with E-state index < -0.39 is 10.8 Å². The maximum absolute atomic E-state index is 12.4. The van der Waals surface area contributed by atoms with E-state index in [0.29, 0.717) is 34.0 Å². The molecule has 1 heterocycles. The van der Waals surface area contributed by atoms with Crippen LogP contribution in [0.15, 0.2) is 71.1 Å². The number of nitrogens with one attached hydrogen (secondary N) is 2. The topological polar surface area (TPSA) is 120 Å². The third-order valence-corrected chi connectivity index (χ3v) is 4.71. The first-order chi connectivity index (χ1) is 15.4. The zero-order valence-corrected chi connectivity index (χ0v) is 17.5. The number of nitro groups is 1. The molecule has 10 heteroatoms. The lowest BCUT2D eigenvalue weighted by molar-refractivity contribution is -0.384. The van der Waals surface area contributed by atoms with Gasteiger partial charge >= 0.3 is 0 Å². The zero-order valence-electron chi connectivity index (χ0n) is 16.7. The highest BCUT2D eigenvalue weighted by Gasteiger charge is 2.14. The first-order valence-corrected chi connectivity index (χ1v) is 9.75. The van der Waals surface area contributed by atoms with Gasteiger partial charge in [-0.2, -0.15) is 0 Å². The van der Waals surface area contributed by atoms with E-state index in [9.17, 15) is 14.9 Å². The van der Waals surface area contributed by atoms with Crippen LogP contribution in [0.3, 0.4) is 0 Å². The Morgan fingerprint density at radius 3 is 2.72 bits per heavy atom. The van der Waals surface area contributed by atoms with E-state index in [2.05, 4.69) is 15.6 Å². The summed E-state index contributed by atoms with van der Waals surface area (Å²) in [6.07, 6.45) is 0. The van der Waals surface area contributed by atoms with E-state index in [1.807, 2.05) is 6.07 Å². The second-order valence-corrected chi connectivity index (χ2v) is 7.06. The van der Waals surface area contributed by atoms with Crippen molar-refractivity contribution in [1.29, 1.82) is 0 Å². The molecule has 1 amide bonds. The molecule has 4 aromatic rings. The molecule has 0 saturated carbocycles. The molecule has 0 saturated heterocycles. The normalized spacial score (nSPS) is 10.5. The van der Waals surface area contributed by atoms with Crippen LogP contribution in [0.25, 0.3) is 22.6 Å². The van der Waals surface area contributed by atoms with E-state index in [4.69, 9.17) is 21.4 Å². The molecule has 3 aromatic carbocycles. The average molecular weight is 448 g/mol. The lowest BCUT2D eigenvalue weighted by Gasteiger charge is -2.10. The summed E-state index contributed by atoms with van der Waals surface area (Å²) in [6.45, 7) is 0. The van der Waals surface area contributed by atoms with E-state index in [1.54, 1.807) is 43.5 Å². The minimum absolute atomic E-state index is 0.0426. The van der Waals surface area contributed by atoms with Gasteiger partial charge in [-0.3, -0.25) is 20.2 Å². The standard InChI is InChI=1S/C22H16N4O5S/c1-30-17-8-9-19-18(12-17)24-21(31-19)14-5-2-6-15(10-14)23-22(32)25-20(27)13-4-3-7-16(11-13)26(28)29/h2-12H,1H3,(H2,23,25,27,32). The van der Waals surface area contributed by atoms with Crippen LogP contribution in [0.5, 0.6) is 5.75 Å². The van der Waals surface area contributed by atoms with Gasteiger partial charge in [0.05, 0.1) is 12.0 Å². The molecule has 9 nitrogen and oxygen atoms in total. The second-order valence-electron chi connectivity index (χ2n) is 6.65. The number of hydrogen-bond donors (Lipinski definition) is 2. The highest BCUT2D eigenvalue weighted by molar-refractivity contribution is 7.80. The minimum Gasteiger partial charge on any atom is -0.497 e. The van der Waals surface area contributed by atoms with Gasteiger partial charge in [0.2, 0.25) is 5.89 Å². The molecule has 0 radical (unpaired) electrons. The number of anilines is 1. The smallest absolute Gasteiger partial charge is 0.270 e. The number of carbonyl (C=O) groups excluding carboxylic acids is 1. The number of non-ortho nitro benzene ring substituents is 1. The van der Waals surface area contributed by atoms with Gasteiger partial charge in [-0.25, -0.2) is 4.98 Å². The molecule has 0 aliphatic rings. The summed E-state index contributed by atoms with van der Waals surface area (Å²) in [5.41, 5.74) is 2.54. The number of methoxy groups -OCH3 is 1. The molecule has 0 bridgehead atoms. The minimum atomic E-state index is -0.568. The van der Waals surface area contributed by atoms with Crippen molar-refractivity contribution < 1.29 is 18.9 Å². The molecule has 2 N–H and O–H groups in total. The fraction of sp³-hybridized carbons (Fsp3) is 0.0455. The molecule has 0 aliphatic heterocycles. The van der Waals surface area contributed by atoms with Gasteiger partial charge in [0.15, 0.2) is 10.7 Å². The van der Waals surface area contributed by atoms with E-state index in [1.165, 1.54) is 24.3 Å². The van der Waals surface area contributed by atoms with Crippen LogP contribution >= 0.6 is 12.2 Å². The number of thiocarbonyl (C=S) groups is 1. The number of fused-ring (bicyclic) bond motifs is 1. The van der Waals surface area contributed by atoms with Crippen LogP contribution < -0.4 is 15.4 Å². The number of rotatable bonds is 5. The molecule has 0 spiro atoms. The number of hydrogen-bond acceptors (Lipinski definition) is 7. The number of ether oxygens (including phenoxy) is 1. The van der Waals surface area contributed by atoms with Gasteiger partial charge < -0.3 is 14.5 Å². The van der Waals surface area contributed by atoms with Crippen LogP contribution in [-0.4, -0.2) is 28.0 Å². The summed E-state index contributed by atoms with van der Waals surface area (Å²) in [4.78, 5) is 27.2. The Hall–Kier alpha value is -4.31. The number of aromatic nitrogens is 1. The van der Waals surface area contributed by atoms with Crippen LogP contribution in [0.1, 0.15) is 10.4 Å². The van der Waals surface area contributed by atoms with Gasteiger partial charge in [-0.05, 0) is 48.6 Å². The van der Waals surface area contributed by atoms with Crippen LogP contribution in [0, 0.1) is 10.1 Å². The number of amides is 1. The second kappa shape index (κ2) is 8.82. The first kappa shape index (κ1) is 20.9. The number of oxazole rings is 1. The van der Waals surface area contributed by atoms with Crippen molar-refractivity contribution in [3.63, 3.8) is 0 Å². The largest absolute Gasteiger partial charge is 0.497 e. The summed E-state index contributed by atoms with van der Waals surface area (Å²) >= 11 is 5.21. The molecule has 32 heavy (non-hydrogen) atoms. The van der Waals surface area contributed by atoms with E-state index in [-0.39, 0.29) is 16.4 Å². The highest BCUT2D eigenvalue weighted by atomic mass is 32.1. The van der Waals surface area contributed by atoms with Crippen molar-refractivity contribution in [2.24, 2.45) is 0 Å². The SMILES string of the molecule is COc1ccc2oc(-c3cccc(NC(=S)NC(=O)c4cccc([N+](=O)[O-])c4)c3)nc2c1. The fourth-order valence-corrected chi connectivity index (χ4v) is 3.20.